The van der Waals surface area contributed by atoms with Crippen LogP contribution in [0.4, 0.5) is 5.82 Å². The highest BCUT2D eigenvalue weighted by Gasteiger charge is 2.11. The summed E-state index contributed by atoms with van der Waals surface area (Å²) in [7, 11) is 1.90. The topological polar surface area (TPSA) is 73.5 Å². The summed E-state index contributed by atoms with van der Waals surface area (Å²) < 4.78 is 3.72. The van der Waals surface area contributed by atoms with Crippen molar-refractivity contribution in [1.82, 2.24) is 29.5 Å². The van der Waals surface area contributed by atoms with Crippen molar-refractivity contribution >= 4 is 16.9 Å². The van der Waals surface area contributed by atoms with Crippen molar-refractivity contribution < 1.29 is 0 Å². The fourth-order valence-electron chi connectivity index (χ4n) is 2.90. The van der Waals surface area contributed by atoms with E-state index in [1.165, 1.54) is 5.56 Å². The van der Waals surface area contributed by atoms with Gasteiger partial charge in [-0.05, 0) is 5.56 Å². The third-order valence-corrected chi connectivity index (χ3v) is 4.29. The molecule has 0 atom stereocenters. The van der Waals surface area contributed by atoms with E-state index >= 15 is 0 Å². The van der Waals surface area contributed by atoms with Crippen LogP contribution in [0.25, 0.3) is 11.0 Å². The fraction of sp³-hybridized carbons (Fsp3) is 0.263. The maximum absolute atomic E-state index is 4.62. The number of rotatable bonds is 6. The molecule has 132 valence electrons. The van der Waals surface area contributed by atoms with E-state index in [0.29, 0.717) is 6.54 Å². The molecule has 26 heavy (non-hydrogen) atoms. The summed E-state index contributed by atoms with van der Waals surface area (Å²) in [5, 5.41) is 13.1. The molecule has 4 rings (SSSR count). The molecule has 7 heteroatoms. The Kier molecular flexibility index (Phi) is 4.35. The lowest BCUT2D eigenvalue weighted by Gasteiger charge is -2.07. The number of hydrogen-bond donors (Lipinski definition) is 1. The van der Waals surface area contributed by atoms with Crippen molar-refractivity contribution in [3.05, 3.63) is 65.9 Å². The summed E-state index contributed by atoms with van der Waals surface area (Å²) in [6.45, 7) is 3.47. The van der Waals surface area contributed by atoms with Crippen LogP contribution in [-0.2, 0) is 26.6 Å². The van der Waals surface area contributed by atoms with E-state index in [4.69, 9.17) is 0 Å². The zero-order valence-corrected chi connectivity index (χ0v) is 14.9. The van der Waals surface area contributed by atoms with Gasteiger partial charge in [0.2, 0.25) is 0 Å². The number of aryl methyl sites for hydroxylation is 2. The van der Waals surface area contributed by atoms with Crippen LogP contribution < -0.4 is 5.32 Å². The molecule has 1 N–H and O–H groups in total. The zero-order valence-electron chi connectivity index (χ0n) is 14.9. The molecule has 0 fully saturated rings. The molecule has 1 aromatic carbocycles. The molecule has 0 aliphatic carbocycles. The molecule has 0 aliphatic heterocycles. The van der Waals surface area contributed by atoms with E-state index < -0.39 is 0 Å². The summed E-state index contributed by atoms with van der Waals surface area (Å²) in [5.41, 5.74) is 3.18. The monoisotopic (exact) mass is 347 g/mol. The largest absolute Gasteiger partial charge is 0.365 e. The van der Waals surface area contributed by atoms with E-state index in [1.807, 2.05) is 36.1 Å². The predicted octanol–water partition coefficient (Wildman–Crippen LogP) is 2.78. The van der Waals surface area contributed by atoms with Gasteiger partial charge in [-0.1, -0.05) is 37.3 Å². The lowest BCUT2D eigenvalue weighted by Crippen LogP contribution is -2.05. The fourth-order valence-corrected chi connectivity index (χ4v) is 2.90. The molecule has 0 bridgehead atoms. The molecule has 3 aromatic heterocycles. The number of nitrogens with zero attached hydrogens (tertiary/aromatic N) is 6. The van der Waals surface area contributed by atoms with E-state index in [0.717, 1.165) is 41.2 Å². The smallest absolute Gasteiger partial charge is 0.163 e. The highest BCUT2D eigenvalue weighted by atomic mass is 15.3. The van der Waals surface area contributed by atoms with Crippen LogP contribution in [0.5, 0.6) is 0 Å². The molecule has 4 aromatic rings. The zero-order chi connectivity index (χ0) is 17.9. The first-order chi connectivity index (χ1) is 12.7. The molecule has 0 saturated carbocycles. The maximum atomic E-state index is 4.62. The minimum Gasteiger partial charge on any atom is -0.365 e. The minimum atomic E-state index is 0.652. The Hall–Kier alpha value is -3.22. The van der Waals surface area contributed by atoms with Gasteiger partial charge in [-0.15, -0.1) is 0 Å². The van der Waals surface area contributed by atoms with Crippen molar-refractivity contribution in [2.24, 2.45) is 7.05 Å². The first kappa shape index (κ1) is 16.3. The van der Waals surface area contributed by atoms with Crippen LogP contribution in [0.15, 0.2) is 48.9 Å². The molecular weight excluding hydrogens is 326 g/mol. The Bertz CT molecular complexity index is 1020. The first-order valence-electron chi connectivity index (χ1n) is 8.70. The lowest BCUT2D eigenvalue weighted by atomic mass is 10.2. The summed E-state index contributed by atoms with van der Waals surface area (Å²) in [4.78, 5) is 9.17. The normalized spacial score (nSPS) is 11.2. The first-order valence-corrected chi connectivity index (χ1v) is 8.70. The Morgan fingerprint density at radius 1 is 1.00 bits per heavy atom. The summed E-state index contributed by atoms with van der Waals surface area (Å²) in [6.07, 6.45) is 6.53. The molecular formula is C19H21N7. The van der Waals surface area contributed by atoms with Crippen LogP contribution in [0, 0.1) is 0 Å². The van der Waals surface area contributed by atoms with Crippen molar-refractivity contribution in [3.63, 3.8) is 0 Å². The number of fused-ring (bicyclic) bond motifs is 1. The van der Waals surface area contributed by atoms with Crippen molar-refractivity contribution in [2.75, 3.05) is 5.32 Å². The second kappa shape index (κ2) is 6.95. The van der Waals surface area contributed by atoms with E-state index in [-0.39, 0.29) is 0 Å². The van der Waals surface area contributed by atoms with Gasteiger partial charge in [0.15, 0.2) is 5.65 Å². The SMILES string of the molecule is CCc1nc(NCc2cnn(Cc3ccccc3)c2)c2cnn(C)c2n1. The van der Waals surface area contributed by atoms with Crippen LogP contribution in [0.2, 0.25) is 0 Å². The van der Waals surface area contributed by atoms with Crippen LogP contribution in [-0.4, -0.2) is 29.5 Å². The number of hydrogen-bond acceptors (Lipinski definition) is 5. The van der Waals surface area contributed by atoms with Crippen molar-refractivity contribution in [1.29, 1.82) is 0 Å². The Balaban J connectivity index is 1.50. The van der Waals surface area contributed by atoms with Gasteiger partial charge < -0.3 is 5.32 Å². The van der Waals surface area contributed by atoms with Gasteiger partial charge in [0.25, 0.3) is 0 Å². The number of aromatic nitrogens is 6. The summed E-state index contributed by atoms with van der Waals surface area (Å²) in [5.74, 6) is 1.62. The van der Waals surface area contributed by atoms with Gasteiger partial charge in [0, 0.05) is 31.8 Å². The van der Waals surface area contributed by atoms with E-state index in [2.05, 4.69) is 50.7 Å². The third-order valence-electron chi connectivity index (χ3n) is 4.29. The Morgan fingerprint density at radius 3 is 2.65 bits per heavy atom. The molecule has 0 saturated heterocycles. The lowest BCUT2D eigenvalue weighted by molar-refractivity contribution is 0.686. The average Bonchev–Trinajstić information content (AvgIpc) is 3.27. The predicted molar refractivity (Wildman–Crippen MR) is 101 cm³/mol. The van der Waals surface area contributed by atoms with Gasteiger partial charge in [-0.25, -0.2) is 9.97 Å². The van der Waals surface area contributed by atoms with Crippen LogP contribution in [0.3, 0.4) is 0 Å². The molecule has 0 amide bonds. The molecule has 7 nitrogen and oxygen atoms in total. The molecule has 0 spiro atoms. The number of benzene rings is 1. The highest BCUT2D eigenvalue weighted by molar-refractivity contribution is 5.86. The van der Waals surface area contributed by atoms with Crippen LogP contribution in [0.1, 0.15) is 23.9 Å². The number of anilines is 1. The van der Waals surface area contributed by atoms with Gasteiger partial charge >= 0.3 is 0 Å². The second-order valence-corrected chi connectivity index (χ2v) is 6.23. The second-order valence-electron chi connectivity index (χ2n) is 6.23. The third kappa shape index (κ3) is 3.28. The highest BCUT2D eigenvalue weighted by Crippen LogP contribution is 2.20. The van der Waals surface area contributed by atoms with E-state index in [9.17, 15) is 0 Å². The van der Waals surface area contributed by atoms with Gasteiger partial charge in [0.05, 0.1) is 24.3 Å². The van der Waals surface area contributed by atoms with Crippen LogP contribution >= 0.6 is 0 Å². The van der Waals surface area contributed by atoms with Crippen molar-refractivity contribution in [3.8, 4) is 0 Å². The molecule has 3 heterocycles. The minimum absolute atomic E-state index is 0.652. The van der Waals surface area contributed by atoms with Gasteiger partial charge in [0.1, 0.15) is 11.6 Å². The summed E-state index contributed by atoms with van der Waals surface area (Å²) in [6, 6.07) is 10.3. The van der Waals surface area contributed by atoms with Gasteiger partial charge in [-0.2, -0.15) is 10.2 Å². The average molecular weight is 347 g/mol. The maximum Gasteiger partial charge on any atom is 0.163 e. The molecule has 0 aliphatic rings. The Morgan fingerprint density at radius 2 is 1.85 bits per heavy atom. The van der Waals surface area contributed by atoms with Gasteiger partial charge in [-0.3, -0.25) is 9.36 Å². The molecule has 0 radical (unpaired) electrons. The van der Waals surface area contributed by atoms with Crippen molar-refractivity contribution in [2.45, 2.75) is 26.4 Å². The quantitative estimate of drug-likeness (QED) is 0.580. The Labute approximate surface area is 151 Å². The van der Waals surface area contributed by atoms with E-state index in [1.54, 1.807) is 10.9 Å². The number of nitrogens with one attached hydrogen (secondary N) is 1. The molecule has 0 unspecified atom stereocenters. The summed E-state index contributed by atoms with van der Waals surface area (Å²) >= 11 is 0. The standard InChI is InChI=1S/C19H21N7/c1-3-17-23-18(16-11-21-25(2)19(16)24-17)20-9-15-10-22-26(13-15)12-14-7-5-4-6-8-14/h4-8,10-11,13H,3,9,12H2,1-2H3,(H,20,23,24).